The Kier molecular flexibility index (Phi) is 6.65. The van der Waals surface area contributed by atoms with Crippen LogP contribution < -0.4 is 10.9 Å². The average Bonchev–Trinajstić information content (AvgIpc) is 3.26. The van der Waals surface area contributed by atoms with Gasteiger partial charge in [-0.3, -0.25) is 14.5 Å². The highest BCUT2D eigenvalue weighted by Gasteiger charge is 2.46. The Morgan fingerprint density at radius 3 is 2.65 bits per heavy atom. The summed E-state index contributed by atoms with van der Waals surface area (Å²) >= 11 is 0. The second-order valence-corrected chi connectivity index (χ2v) is 9.77. The SMILES string of the molecule is C[C@@H](C(=O)Nc1cn2c(n1)CCC[C@@H]2c1cc(F)cc(F)c1)N1CCC(F)(F)[C@@H](c2ccc(=O)[nH]c2)C1. The second-order valence-electron chi connectivity index (χ2n) is 9.77. The van der Waals surface area contributed by atoms with Gasteiger partial charge in [0.05, 0.1) is 18.0 Å². The molecule has 7 nitrogen and oxygen atoms in total. The van der Waals surface area contributed by atoms with Crippen molar-refractivity contribution >= 4 is 11.7 Å². The molecule has 1 saturated heterocycles. The fourth-order valence-corrected chi connectivity index (χ4v) is 5.30. The molecule has 0 radical (unpaired) electrons. The molecule has 1 aromatic carbocycles. The number of benzene rings is 1. The fourth-order valence-electron chi connectivity index (χ4n) is 5.30. The summed E-state index contributed by atoms with van der Waals surface area (Å²) in [6.07, 6.45) is 4.63. The number of halogens is 4. The Morgan fingerprint density at radius 2 is 1.95 bits per heavy atom. The number of amides is 1. The summed E-state index contributed by atoms with van der Waals surface area (Å²) in [7, 11) is 0. The van der Waals surface area contributed by atoms with Gasteiger partial charge in [-0.05, 0) is 43.0 Å². The number of pyridine rings is 1. The lowest BCUT2D eigenvalue weighted by Gasteiger charge is -2.40. The largest absolute Gasteiger partial charge is 0.329 e. The summed E-state index contributed by atoms with van der Waals surface area (Å²) in [5.74, 6) is -4.85. The van der Waals surface area contributed by atoms with Gasteiger partial charge in [0.15, 0.2) is 5.82 Å². The van der Waals surface area contributed by atoms with Gasteiger partial charge in [0, 0.05) is 50.5 Å². The molecule has 4 heterocycles. The molecule has 2 aliphatic heterocycles. The van der Waals surface area contributed by atoms with Crippen LogP contribution in [-0.4, -0.2) is 50.4 Å². The van der Waals surface area contributed by atoms with E-state index in [0.29, 0.717) is 35.6 Å². The van der Waals surface area contributed by atoms with Gasteiger partial charge in [0.1, 0.15) is 17.5 Å². The van der Waals surface area contributed by atoms with Crippen molar-refractivity contribution in [3.63, 3.8) is 0 Å². The molecule has 37 heavy (non-hydrogen) atoms. The van der Waals surface area contributed by atoms with Crippen molar-refractivity contribution in [2.45, 2.75) is 56.5 Å². The number of aromatic nitrogens is 3. The van der Waals surface area contributed by atoms with Gasteiger partial charge in [-0.1, -0.05) is 6.07 Å². The fraction of sp³-hybridized carbons (Fsp3) is 0.423. The minimum Gasteiger partial charge on any atom is -0.329 e. The number of piperidine rings is 1. The van der Waals surface area contributed by atoms with E-state index < -0.39 is 41.8 Å². The van der Waals surface area contributed by atoms with E-state index in [1.807, 2.05) is 4.57 Å². The van der Waals surface area contributed by atoms with Crippen molar-refractivity contribution in [1.29, 1.82) is 0 Å². The third-order valence-corrected chi connectivity index (χ3v) is 7.34. The predicted molar refractivity (Wildman–Crippen MR) is 129 cm³/mol. The summed E-state index contributed by atoms with van der Waals surface area (Å²) in [6.45, 7) is 1.63. The van der Waals surface area contributed by atoms with Crippen LogP contribution in [0.1, 0.15) is 55.1 Å². The summed E-state index contributed by atoms with van der Waals surface area (Å²) in [5, 5.41) is 2.78. The highest BCUT2D eigenvalue weighted by molar-refractivity contribution is 5.93. The number of alkyl halides is 2. The van der Waals surface area contributed by atoms with Gasteiger partial charge in [0.25, 0.3) is 5.92 Å². The number of nitrogens with one attached hydrogen (secondary N) is 2. The van der Waals surface area contributed by atoms with E-state index in [2.05, 4.69) is 15.3 Å². The third-order valence-electron chi connectivity index (χ3n) is 7.34. The zero-order valence-electron chi connectivity index (χ0n) is 20.2. The third kappa shape index (κ3) is 5.18. The molecule has 196 valence electrons. The molecule has 0 saturated carbocycles. The van der Waals surface area contributed by atoms with E-state index in [1.165, 1.54) is 30.5 Å². The van der Waals surface area contributed by atoms with E-state index in [4.69, 9.17) is 0 Å². The maximum atomic E-state index is 14.7. The maximum absolute atomic E-state index is 14.7. The van der Waals surface area contributed by atoms with Crippen molar-refractivity contribution in [3.8, 4) is 0 Å². The minimum atomic E-state index is -2.97. The highest BCUT2D eigenvalue weighted by Crippen LogP contribution is 2.40. The molecular weight excluding hydrogens is 490 g/mol. The molecule has 3 aromatic rings. The molecule has 2 aliphatic rings. The van der Waals surface area contributed by atoms with Crippen molar-refractivity contribution in [1.82, 2.24) is 19.4 Å². The number of hydrogen-bond donors (Lipinski definition) is 2. The molecule has 11 heteroatoms. The van der Waals surface area contributed by atoms with Crippen LogP contribution in [0.25, 0.3) is 0 Å². The Morgan fingerprint density at radius 1 is 1.19 bits per heavy atom. The number of likely N-dealkylation sites (tertiary alicyclic amines) is 1. The van der Waals surface area contributed by atoms with Crippen LogP contribution in [0, 0.1) is 11.6 Å². The lowest BCUT2D eigenvalue weighted by Crippen LogP contribution is -2.52. The van der Waals surface area contributed by atoms with Gasteiger partial charge >= 0.3 is 0 Å². The van der Waals surface area contributed by atoms with Gasteiger partial charge in [0.2, 0.25) is 11.5 Å². The number of H-pyrrole nitrogens is 1. The van der Waals surface area contributed by atoms with Crippen LogP contribution >= 0.6 is 0 Å². The first-order valence-corrected chi connectivity index (χ1v) is 12.3. The molecule has 1 fully saturated rings. The van der Waals surface area contributed by atoms with Gasteiger partial charge in [-0.25, -0.2) is 22.5 Å². The van der Waals surface area contributed by atoms with Crippen LogP contribution in [0.5, 0.6) is 0 Å². The van der Waals surface area contributed by atoms with Crippen LogP contribution in [0.15, 0.2) is 47.5 Å². The van der Waals surface area contributed by atoms with Crippen molar-refractivity contribution < 1.29 is 22.4 Å². The van der Waals surface area contributed by atoms with Crippen molar-refractivity contribution in [3.05, 3.63) is 81.7 Å². The lowest BCUT2D eigenvalue weighted by molar-refractivity contribution is -0.125. The van der Waals surface area contributed by atoms with Gasteiger partial charge in [-0.2, -0.15) is 0 Å². The number of fused-ring (bicyclic) bond motifs is 1. The first kappa shape index (κ1) is 25.2. The van der Waals surface area contributed by atoms with Crippen molar-refractivity contribution in [2.75, 3.05) is 18.4 Å². The number of nitrogens with zero attached hydrogens (tertiary/aromatic N) is 3. The average molecular weight is 518 g/mol. The van der Waals surface area contributed by atoms with Crippen LogP contribution in [0.3, 0.4) is 0 Å². The van der Waals surface area contributed by atoms with Crippen LogP contribution in [0.4, 0.5) is 23.4 Å². The number of imidazole rings is 1. The molecule has 0 spiro atoms. The van der Waals surface area contributed by atoms with Crippen LogP contribution in [0.2, 0.25) is 0 Å². The lowest BCUT2D eigenvalue weighted by atomic mass is 9.87. The topological polar surface area (TPSA) is 83.0 Å². The van der Waals surface area contributed by atoms with E-state index in [1.54, 1.807) is 18.0 Å². The Balaban J connectivity index is 1.31. The zero-order chi connectivity index (χ0) is 26.3. The molecule has 3 atom stereocenters. The van der Waals surface area contributed by atoms with E-state index >= 15 is 0 Å². The quantitative estimate of drug-likeness (QED) is 0.497. The predicted octanol–water partition coefficient (Wildman–Crippen LogP) is 4.23. The molecule has 2 N–H and O–H groups in total. The standard InChI is InChI=1S/C26H27F4N5O2/c1-15(34-8-7-26(29,30)20(13-34)16-5-6-24(36)31-12-16)25(37)33-22-14-35-21(3-2-4-23(35)32-22)17-9-18(27)11-19(28)10-17/h5-6,9-12,14-15,20-21H,2-4,7-8,13H2,1H3,(H,31,36)(H,33,37)/t15-,20+,21+/m0/s1. The first-order valence-electron chi connectivity index (χ1n) is 12.3. The Labute approximate surface area is 210 Å². The minimum absolute atomic E-state index is 0.0361. The molecular formula is C26H27F4N5O2. The van der Waals surface area contributed by atoms with E-state index in [0.717, 1.165) is 12.5 Å². The van der Waals surface area contributed by atoms with E-state index in [-0.39, 0.29) is 24.7 Å². The molecule has 2 aromatic heterocycles. The Hall–Kier alpha value is -3.47. The summed E-state index contributed by atoms with van der Waals surface area (Å²) in [4.78, 5) is 33.1. The highest BCUT2D eigenvalue weighted by atomic mass is 19.3. The number of aromatic amines is 1. The normalized spacial score (nSPS) is 22.3. The zero-order valence-corrected chi connectivity index (χ0v) is 20.2. The van der Waals surface area contributed by atoms with E-state index in [9.17, 15) is 27.2 Å². The number of hydrogen-bond acceptors (Lipinski definition) is 4. The van der Waals surface area contributed by atoms with Crippen molar-refractivity contribution in [2.24, 2.45) is 0 Å². The first-order chi connectivity index (χ1) is 17.6. The molecule has 1 amide bonds. The number of carbonyl (C=O) groups is 1. The Bertz CT molecular complexity index is 1330. The maximum Gasteiger partial charge on any atom is 0.257 e. The summed E-state index contributed by atoms with van der Waals surface area (Å²) < 4.78 is 58.9. The number of aryl methyl sites for hydroxylation is 1. The monoisotopic (exact) mass is 517 g/mol. The smallest absolute Gasteiger partial charge is 0.257 e. The molecule has 0 bridgehead atoms. The number of anilines is 1. The van der Waals surface area contributed by atoms with Gasteiger partial charge < -0.3 is 14.9 Å². The van der Waals surface area contributed by atoms with Crippen LogP contribution in [-0.2, 0) is 11.2 Å². The molecule has 5 rings (SSSR count). The second kappa shape index (κ2) is 9.77. The summed E-state index contributed by atoms with van der Waals surface area (Å²) in [5.41, 5.74) is 0.424. The summed E-state index contributed by atoms with van der Waals surface area (Å²) in [6, 6.07) is 5.00. The number of rotatable bonds is 5. The number of carbonyl (C=O) groups excluding carboxylic acids is 1. The molecule has 0 unspecified atom stereocenters. The molecule has 0 aliphatic carbocycles. The van der Waals surface area contributed by atoms with Gasteiger partial charge in [-0.15, -0.1) is 0 Å².